The molecule has 0 fully saturated rings. The summed E-state index contributed by atoms with van der Waals surface area (Å²) >= 11 is 0. The minimum absolute atomic E-state index is 0.109. The number of carbonyl (C=O) groups excluding carboxylic acids is 1. The van der Waals surface area contributed by atoms with E-state index >= 15 is 0 Å². The van der Waals surface area contributed by atoms with Gasteiger partial charge in [-0.25, -0.2) is 0 Å². The van der Waals surface area contributed by atoms with E-state index in [0.29, 0.717) is 17.0 Å². The molecule has 0 radical (unpaired) electrons. The van der Waals surface area contributed by atoms with Crippen molar-refractivity contribution in [2.75, 3.05) is 12.8 Å². The van der Waals surface area contributed by atoms with E-state index in [1.54, 1.807) is 42.5 Å². The predicted molar refractivity (Wildman–Crippen MR) is 73.5 cm³/mol. The van der Waals surface area contributed by atoms with Crippen molar-refractivity contribution in [3.8, 4) is 11.5 Å². The third-order valence-corrected chi connectivity index (χ3v) is 2.84. The number of carbonyl (C=O) groups is 1. The first-order valence-corrected chi connectivity index (χ1v) is 5.85. The standard InChI is InChI=1S/C15H15NO3/c1-19-12-5-6-14(16)13(9-12)15(18)8-10-3-2-4-11(17)7-10/h2-7,9,17H,8,16H2,1H3. The summed E-state index contributed by atoms with van der Waals surface area (Å²) in [6.45, 7) is 0. The van der Waals surface area contributed by atoms with Crippen LogP contribution in [0.1, 0.15) is 15.9 Å². The average molecular weight is 257 g/mol. The molecule has 0 aromatic heterocycles. The first kappa shape index (κ1) is 13.0. The Kier molecular flexibility index (Phi) is 3.71. The molecule has 0 aliphatic carbocycles. The van der Waals surface area contributed by atoms with Crippen LogP contribution in [0.5, 0.6) is 11.5 Å². The second-order valence-electron chi connectivity index (χ2n) is 4.22. The number of ketones is 1. The number of ether oxygens (including phenoxy) is 1. The Morgan fingerprint density at radius 3 is 2.74 bits per heavy atom. The fourth-order valence-electron chi connectivity index (χ4n) is 1.85. The number of rotatable bonds is 4. The maximum atomic E-state index is 12.2. The highest BCUT2D eigenvalue weighted by atomic mass is 16.5. The number of aromatic hydroxyl groups is 1. The normalized spacial score (nSPS) is 10.2. The second-order valence-corrected chi connectivity index (χ2v) is 4.22. The smallest absolute Gasteiger partial charge is 0.169 e. The molecule has 0 bridgehead atoms. The number of hydrogen-bond donors (Lipinski definition) is 2. The summed E-state index contributed by atoms with van der Waals surface area (Å²) in [5, 5.41) is 9.38. The zero-order chi connectivity index (χ0) is 13.8. The van der Waals surface area contributed by atoms with Crippen LogP contribution in [0.4, 0.5) is 5.69 Å². The molecule has 0 spiro atoms. The Morgan fingerprint density at radius 2 is 2.05 bits per heavy atom. The van der Waals surface area contributed by atoms with E-state index in [4.69, 9.17) is 10.5 Å². The van der Waals surface area contributed by atoms with E-state index in [9.17, 15) is 9.90 Å². The van der Waals surface area contributed by atoms with Crippen LogP contribution >= 0.6 is 0 Å². The summed E-state index contributed by atoms with van der Waals surface area (Å²) in [4.78, 5) is 12.2. The van der Waals surface area contributed by atoms with Crippen molar-refractivity contribution in [2.45, 2.75) is 6.42 Å². The maximum absolute atomic E-state index is 12.2. The van der Waals surface area contributed by atoms with Gasteiger partial charge in [-0.15, -0.1) is 0 Å². The van der Waals surface area contributed by atoms with Crippen molar-refractivity contribution in [3.63, 3.8) is 0 Å². The van der Waals surface area contributed by atoms with Gasteiger partial charge in [0.2, 0.25) is 0 Å². The Labute approximate surface area is 111 Å². The first-order valence-electron chi connectivity index (χ1n) is 5.85. The molecule has 0 atom stereocenters. The molecule has 0 saturated heterocycles. The molecule has 0 heterocycles. The fourth-order valence-corrected chi connectivity index (χ4v) is 1.85. The number of phenolic OH excluding ortho intramolecular Hbond substituents is 1. The van der Waals surface area contributed by atoms with Gasteiger partial charge >= 0.3 is 0 Å². The third kappa shape index (κ3) is 3.04. The molecule has 19 heavy (non-hydrogen) atoms. The lowest BCUT2D eigenvalue weighted by molar-refractivity contribution is 0.0993. The molecular formula is C15H15NO3. The van der Waals surface area contributed by atoms with Gasteiger partial charge in [0.1, 0.15) is 11.5 Å². The van der Waals surface area contributed by atoms with Crippen LogP contribution in [0.15, 0.2) is 42.5 Å². The number of phenols is 1. The van der Waals surface area contributed by atoms with E-state index in [1.165, 1.54) is 7.11 Å². The van der Waals surface area contributed by atoms with Crippen molar-refractivity contribution >= 4 is 11.5 Å². The van der Waals surface area contributed by atoms with Crippen molar-refractivity contribution in [2.24, 2.45) is 0 Å². The monoisotopic (exact) mass is 257 g/mol. The van der Waals surface area contributed by atoms with Crippen molar-refractivity contribution in [3.05, 3.63) is 53.6 Å². The number of Topliss-reactive ketones (excluding diaryl/α,β-unsaturated/α-hetero) is 1. The zero-order valence-electron chi connectivity index (χ0n) is 10.6. The van der Waals surface area contributed by atoms with Crippen LogP contribution in [0, 0.1) is 0 Å². The lowest BCUT2D eigenvalue weighted by Gasteiger charge is -2.07. The van der Waals surface area contributed by atoms with Crippen LogP contribution in [0.3, 0.4) is 0 Å². The number of nitrogens with two attached hydrogens (primary N) is 1. The van der Waals surface area contributed by atoms with E-state index < -0.39 is 0 Å². The van der Waals surface area contributed by atoms with Gasteiger partial charge in [0.05, 0.1) is 7.11 Å². The fraction of sp³-hybridized carbons (Fsp3) is 0.133. The Bertz CT molecular complexity index is 608. The topological polar surface area (TPSA) is 72.5 Å². The highest BCUT2D eigenvalue weighted by Crippen LogP contribution is 2.22. The van der Waals surface area contributed by atoms with Crippen LogP contribution in [-0.4, -0.2) is 18.0 Å². The van der Waals surface area contributed by atoms with Crippen LogP contribution in [0.2, 0.25) is 0 Å². The largest absolute Gasteiger partial charge is 0.508 e. The van der Waals surface area contributed by atoms with Gasteiger partial charge in [-0.05, 0) is 35.9 Å². The first-order chi connectivity index (χ1) is 9.10. The summed E-state index contributed by atoms with van der Waals surface area (Å²) in [6.07, 6.45) is 0.186. The molecule has 4 heteroatoms. The van der Waals surface area contributed by atoms with Gasteiger partial charge in [0, 0.05) is 17.7 Å². The number of nitrogen functional groups attached to an aromatic ring is 1. The molecule has 0 saturated carbocycles. The number of methoxy groups -OCH3 is 1. The third-order valence-electron chi connectivity index (χ3n) is 2.84. The maximum Gasteiger partial charge on any atom is 0.169 e. The van der Waals surface area contributed by atoms with E-state index in [1.807, 2.05) is 0 Å². The van der Waals surface area contributed by atoms with E-state index in [2.05, 4.69) is 0 Å². The van der Waals surface area contributed by atoms with Gasteiger partial charge < -0.3 is 15.6 Å². The van der Waals surface area contributed by atoms with Crippen molar-refractivity contribution in [1.29, 1.82) is 0 Å². The number of benzene rings is 2. The molecule has 2 aromatic rings. The lowest BCUT2D eigenvalue weighted by Crippen LogP contribution is -2.07. The van der Waals surface area contributed by atoms with E-state index in [0.717, 1.165) is 5.56 Å². The molecule has 4 nitrogen and oxygen atoms in total. The average Bonchev–Trinajstić information content (AvgIpc) is 2.39. The van der Waals surface area contributed by atoms with Gasteiger partial charge in [0.25, 0.3) is 0 Å². The Balaban J connectivity index is 2.25. The minimum atomic E-state index is -0.109. The van der Waals surface area contributed by atoms with Gasteiger partial charge in [-0.1, -0.05) is 12.1 Å². The zero-order valence-corrected chi connectivity index (χ0v) is 10.6. The van der Waals surface area contributed by atoms with E-state index in [-0.39, 0.29) is 18.0 Å². The predicted octanol–water partition coefficient (Wildman–Crippen LogP) is 2.41. The molecular weight excluding hydrogens is 242 g/mol. The summed E-state index contributed by atoms with van der Waals surface area (Å²) in [7, 11) is 1.54. The molecule has 0 unspecified atom stereocenters. The summed E-state index contributed by atoms with van der Waals surface area (Å²) in [6, 6.07) is 11.6. The second kappa shape index (κ2) is 5.44. The summed E-state index contributed by atoms with van der Waals surface area (Å²) < 4.78 is 5.08. The Hall–Kier alpha value is -2.49. The highest BCUT2D eigenvalue weighted by molar-refractivity contribution is 6.02. The molecule has 98 valence electrons. The molecule has 2 rings (SSSR count). The molecule has 2 aromatic carbocycles. The lowest BCUT2D eigenvalue weighted by atomic mass is 10.0. The quantitative estimate of drug-likeness (QED) is 0.651. The van der Waals surface area contributed by atoms with Crippen LogP contribution in [0.25, 0.3) is 0 Å². The Morgan fingerprint density at radius 1 is 1.26 bits per heavy atom. The van der Waals surface area contributed by atoms with Crippen molar-refractivity contribution in [1.82, 2.24) is 0 Å². The highest BCUT2D eigenvalue weighted by Gasteiger charge is 2.12. The van der Waals surface area contributed by atoms with Gasteiger partial charge in [0.15, 0.2) is 5.78 Å². The molecule has 0 aliphatic rings. The number of hydrogen-bond acceptors (Lipinski definition) is 4. The van der Waals surface area contributed by atoms with Crippen LogP contribution in [-0.2, 0) is 6.42 Å². The van der Waals surface area contributed by atoms with Crippen LogP contribution < -0.4 is 10.5 Å². The summed E-state index contributed by atoms with van der Waals surface area (Å²) in [5.74, 6) is 0.624. The molecule has 3 N–H and O–H groups in total. The minimum Gasteiger partial charge on any atom is -0.508 e. The molecule has 0 amide bonds. The molecule has 0 aliphatic heterocycles. The summed E-state index contributed by atoms with van der Waals surface area (Å²) in [5.41, 5.74) is 7.40. The SMILES string of the molecule is COc1ccc(N)c(C(=O)Cc2cccc(O)c2)c1. The van der Waals surface area contributed by atoms with Gasteiger partial charge in [-0.2, -0.15) is 0 Å². The van der Waals surface area contributed by atoms with Gasteiger partial charge in [-0.3, -0.25) is 4.79 Å². The number of anilines is 1. The van der Waals surface area contributed by atoms with Crippen molar-refractivity contribution < 1.29 is 14.6 Å².